The van der Waals surface area contributed by atoms with Crippen LogP contribution in [0.4, 0.5) is 0 Å². The summed E-state index contributed by atoms with van der Waals surface area (Å²) >= 11 is 11.6. The van der Waals surface area contributed by atoms with Gasteiger partial charge in [-0.15, -0.1) is 0 Å². The van der Waals surface area contributed by atoms with Crippen LogP contribution in [-0.4, -0.2) is 18.3 Å². The monoisotopic (exact) mass is 312 g/mol. The van der Waals surface area contributed by atoms with E-state index in [1.807, 2.05) is 18.2 Å². The summed E-state index contributed by atoms with van der Waals surface area (Å²) < 4.78 is 5.32. The van der Waals surface area contributed by atoms with Gasteiger partial charge in [-0.25, -0.2) is 0 Å². The maximum absolute atomic E-state index is 6.20. The van der Waals surface area contributed by atoms with Crippen LogP contribution in [0.3, 0.4) is 0 Å². The predicted octanol–water partition coefficient (Wildman–Crippen LogP) is 3.65. The number of nitrogens with one attached hydrogen (secondary N) is 2. The van der Waals surface area contributed by atoms with E-state index in [2.05, 4.69) is 10.6 Å². The molecule has 20 heavy (non-hydrogen) atoms. The zero-order valence-corrected chi connectivity index (χ0v) is 13.3. The Bertz CT molecular complexity index is 461. The molecule has 1 aromatic rings. The van der Waals surface area contributed by atoms with E-state index < -0.39 is 0 Å². The van der Waals surface area contributed by atoms with Crippen molar-refractivity contribution in [2.24, 2.45) is 0 Å². The Labute approximate surface area is 131 Å². The second-order valence-corrected chi connectivity index (χ2v) is 5.90. The van der Waals surface area contributed by atoms with E-state index in [1.165, 1.54) is 32.1 Å². The van der Waals surface area contributed by atoms with Crippen molar-refractivity contribution in [1.29, 1.82) is 0 Å². The zero-order valence-electron chi connectivity index (χ0n) is 11.7. The second-order valence-electron chi connectivity index (χ2n) is 5.08. The molecule has 2 N–H and O–H groups in total. The summed E-state index contributed by atoms with van der Waals surface area (Å²) in [4.78, 5) is 0. The number of methoxy groups -OCH3 is 1. The van der Waals surface area contributed by atoms with Crippen LogP contribution in [0.25, 0.3) is 0 Å². The third-order valence-electron chi connectivity index (χ3n) is 3.66. The van der Waals surface area contributed by atoms with Crippen molar-refractivity contribution in [3.63, 3.8) is 0 Å². The van der Waals surface area contributed by atoms with Gasteiger partial charge in [0, 0.05) is 23.2 Å². The van der Waals surface area contributed by atoms with Crippen LogP contribution in [0, 0.1) is 0 Å². The third-order valence-corrected chi connectivity index (χ3v) is 4.28. The van der Waals surface area contributed by atoms with Gasteiger partial charge < -0.3 is 15.4 Å². The summed E-state index contributed by atoms with van der Waals surface area (Å²) in [7, 11) is 1.65. The molecule has 2 rings (SSSR count). The smallest absolute Gasteiger partial charge is 0.166 e. The molecule has 0 aromatic heterocycles. The van der Waals surface area contributed by atoms with Gasteiger partial charge in [0.25, 0.3) is 0 Å². The molecule has 0 atom stereocenters. The molecular weight excluding hydrogens is 292 g/mol. The summed E-state index contributed by atoms with van der Waals surface area (Å²) in [6, 6.07) is 6.15. The van der Waals surface area contributed by atoms with Gasteiger partial charge in [0.05, 0.1) is 7.11 Å². The largest absolute Gasteiger partial charge is 0.496 e. The van der Waals surface area contributed by atoms with Crippen LogP contribution < -0.4 is 15.4 Å². The average Bonchev–Trinajstić information content (AvgIpc) is 2.46. The minimum absolute atomic E-state index is 0.511. The highest BCUT2D eigenvalue weighted by molar-refractivity contribution is 7.80. The van der Waals surface area contributed by atoms with Crippen LogP contribution in [0.15, 0.2) is 18.2 Å². The highest BCUT2D eigenvalue weighted by Crippen LogP contribution is 2.25. The summed E-state index contributed by atoms with van der Waals surface area (Å²) in [5.41, 5.74) is 0.935. The minimum atomic E-state index is 0.511. The first-order chi connectivity index (χ1) is 9.70. The van der Waals surface area contributed by atoms with E-state index in [1.54, 1.807) is 7.11 Å². The third kappa shape index (κ3) is 4.25. The van der Waals surface area contributed by atoms with Crippen molar-refractivity contribution in [1.82, 2.24) is 10.6 Å². The van der Waals surface area contributed by atoms with E-state index in [-0.39, 0.29) is 0 Å². The fourth-order valence-electron chi connectivity index (χ4n) is 2.55. The van der Waals surface area contributed by atoms with E-state index in [0.717, 1.165) is 11.3 Å². The lowest BCUT2D eigenvalue weighted by Crippen LogP contribution is -2.42. The molecule has 1 aliphatic rings. The Balaban J connectivity index is 1.86. The van der Waals surface area contributed by atoms with Gasteiger partial charge in [-0.1, -0.05) is 36.9 Å². The van der Waals surface area contributed by atoms with Gasteiger partial charge >= 0.3 is 0 Å². The molecule has 1 fully saturated rings. The molecule has 5 heteroatoms. The Morgan fingerprint density at radius 3 is 2.80 bits per heavy atom. The normalized spacial score (nSPS) is 15.7. The Morgan fingerprint density at radius 2 is 2.10 bits per heavy atom. The fourth-order valence-corrected chi connectivity index (χ4v) is 3.03. The first-order valence-electron chi connectivity index (χ1n) is 7.06. The molecule has 3 nitrogen and oxygen atoms in total. The van der Waals surface area contributed by atoms with Crippen molar-refractivity contribution in [3.8, 4) is 5.75 Å². The highest BCUT2D eigenvalue weighted by Gasteiger charge is 2.14. The summed E-state index contributed by atoms with van der Waals surface area (Å²) in [6.45, 7) is 0.571. The molecule has 0 unspecified atom stereocenters. The number of thiocarbonyl (C=S) groups is 1. The SMILES string of the molecule is COc1cccc(Cl)c1CNC(=S)NC1CCCCC1. The quantitative estimate of drug-likeness (QED) is 0.832. The molecular formula is C15H21ClN2OS. The van der Waals surface area contributed by atoms with Crippen LogP contribution in [0.1, 0.15) is 37.7 Å². The number of hydrogen-bond donors (Lipinski definition) is 2. The fraction of sp³-hybridized carbons (Fsp3) is 0.533. The number of hydrogen-bond acceptors (Lipinski definition) is 2. The molecule has 0 amide bonds. The molecule has 110 valence electrons. The molecule has 0 saturated heterocycles. The van der Waals surface area contributed by atoms with Gasteiger partial charge in [0.15, 0.2) is 5.11 Å². The molecule has 0 bridgehead atoms. The van der Waals surface area contributed by atoms with E-state index in [4.69, 9.17) is 28.6 Å². The molecule has 1 saturated carbocycles. The van der Waals surface area contributed by atoms with Gasteiger partial charge in [-0.3, -0.25) is 0 Å². The van der Waals surface area contributed by atoms with Gasteiger partial charge in [0.2, 0.25) is 0 Å². The summed E-state index contributed by atoms with van der Waals surface area (Å²) in [5.74, 6) is 0.783. The molecule has 0 heterocycles. The molecule has 0 radical (unpaired) electrons. The lowest BCUT2D eigenvalue weighted by atomic mass is 9.96. The zero-order chi connectivity index (χ0) is 14.4. The Kier molecular flexibility index (Phi) is 5.92. The van der Waals surface area contributed by atoms with Crippen LogP contribution in [-0.2, 0) is 6.54 Å². The molecule has 1 aromatic carbocycles. The molecule has 0 aliphatic heterocycles. The number of halogens is 1. The first kappa shape index (κ1) is 15.4. The number of benzene rings is 1. The van der Waals surface area contributed by atoms with E-state index >= 15 is 0 Å². The minimum Gasteiger partial charge on any atom is -0.496 e. The van der Waals surface area contributed by atoms with Crippen LogP contribution in [0.2, 0.25) is 5.02 Å². The predicted molar refractivity (Wildman–Crippen MR) is 87.5 cm³/mol. The summed E-state index contributed by atoms with van der Waals surface area (Å²) in [6.07, 6.45) is 6.33. The van der Waals surface area contributed by atoms with Crippen molar-refractivity contribution in [2.45, 2.75) is 44.7 Å². The van der Waals surface area contributed by atoms with Crippen molar-refractivity contribution in [2.75, 3.05) is 7.11 Å². The van der Waals surface area contributed by atoms with Crippen LogP contribution in [0.5, 0.6) is 5.75 Å². The Hall–Kier alpha value is -1.00. The highest BCUT2D eigenvalue weighted by atomic mass is 35.5. The average molecular weight is 313 g/mol. The molecule has 1 aliphatic carbocycles. The van der Waals surface area contributed by atoms with Gasteiger partial charge in [0.1, 0.15) is 5.75 Å². The maximum Gasteiger partial charge on any atom is 0.166 e. The van der Waals surface area contributed by atoms with Gasteiger partial charge in [-0.2, -0.15) is 0 Å². The second kappa shape index (κ2) is 7.70. The van der Waals surface area contributed by atoms with E-state index in [0.29, 0.717) is 22.7 Å². The lowest BCUT2D eigenvalue weighted by molar-refractivity contribution is 0.407. The maximum atomic E-state index is 6.20. The van der Waals surface area contributed by atoms with Crippen molar-refractivity contribution < 1.29 is 4.74 Å². The Morgan fingerprint density at radius 1 is 1.35 bits per heavy atom. The van der Waals surface area contributed by atoms with Crippen molar-refractivity contribution in [3.05, 3.63) is 28.8 Å². The number of rotatable bonds is 4. The topological polar surface area (TPSA) is 33.3 Å². The lowest BCUT2D eigenvalue weighted by Gasteiger charge is -2.24. The molecule has 0 spiro atoms. The van der Waals surface area contributed by atoms with Gasteiger partial charge in [-0.05, 0) is 37.2 Å². The van der Waals surface area contributed by atoms with Crippen molar-refractivity contribution >= 4 is 28.9 Å². The van der Waals surface area contributed by atoms with Crippen LogP contribution >= 0.6 is 23.8 Å². The summed E-state index contributed by atoms with van der Waals surface area (Å²) in [5, 5.41) is 7.99. The standard InChI is InChI=1S/C15H21ClN2OS/c1-19-14-9-5-8-13(16)12(14)10-17-15(20)18-11-6-3-2-4-7-11/h5,8-9,11H,2-4,6-7,10H2,1H3,(H2,17,18,20). The van der Waals surface area contributed by atoms with E-state index in [9.17, 15) is 0 Å². The number of ether oxygens (including phenoxy) is 1. The first-order valence-corrected chi connectivity index (χ1v) is 7.85.